The molecule has 142 valence electrons. The molecule has 0 saturated carbocycles. The summed E-state index contributed by atoms with van der Waals surface area (Å²) in [6, 6.07) is 23.0. The quantitative estimate of drug-likeness (QED) is 0.488. The fourth-order valence-corrected chi connectivity index (χ4v) is 3.96. The molecule has 0 aliphatic heterocycles. The van der Waals surface area contributed by atoms with E-state index >= 15 is 0 Å². The predicted octanol–water partition coefficient (Wildman–Crippen LogP) is 4.43. The molecule has 0 bridgehead atoms. The van der Waals surface area contributed by atoms with Crippen molar-refractivity contribution in [3.05, 3.63) is 102 Å². The summed E-state index contributed by atoms with van der Waals surface area (Å²) in [5, 5.41) is 11.9. The molecule has 6 heteroatoms. The molecule has 1 amide bonds. The summed E-state index contributed by atoms with van der Waals surface area (Å²) in [6.07, 6.45) is 3.85. The predicted molar refractivity (Wildman–Crippen MR) is 114 cm³/mol. The number of fused-ring (bicyclic) bond motifs is 1. The average molecular weight is 398 g/mol. The monoisotopic (exact) mass is 398 g/mol. The topological polar surface area (TPSA) is 70.2 Å². The zero-order valence-corrected chi connectivity index (χ0v) is 16.4. The van der Waals surface area contributed by atoms with E-state index in [2.05, 4.69) is 16.4 Å². The van der Waals surface area contributed by atoms with Crippen LogP contribution in [0.15, 0.2) is 84.0 Å². The van der Waals surface area contributed by atoms with Crippen molar-refractivity contribution in [3.63, 3.8) is 0 Å². The Bertz CT molecular complexity index is 1160. The van der Waals surface area contributed by atoms with Gasteiger partial charge in [0.25, 0.3) is 5.91 Å². The summed E-state index contributed by atoms with van der Waals surface area (Å²) in [4.78, 5) is 18.2. The molecule has 2 heterocycles. The van der Waals surface area contributed by atoms with Crippen LogP contribution in [-0.4, -0.2) is 15.3 Å². The van der Waals surface area contributed by atoms with E-state index in [-0.39, 0.29) is 5.91 Å². The number of nitrogens with one attached hydrogen (secondary N) is 1. The SMILES string of the molecule is N#Cc1ccc(CSc2ccccc2C(=O)NCc2cn3ccccc3n2)cc1. The van der Waals surface area contributed by atoms with Crippen molar-refractivity contribution in [2.24, 2.45) is 0 Å². The number of nitrogens with zero attached hydrogens (tertiary/aromatic N) is 3. The van der Waals surface area contributed by atoms with Crippen LogP contribution in [0, 0.1) is 11.3 Å². The summed E-state index contributed by atoms with van der Waals surface area (Å²) in [5.74, 6) is 0.604. The fourth-order valence-electron chi connectivity index (χ4n) is 2.96. The fraction of sp³-hybridized carbons (Fsp3) is 0.0870. The number of benzene rings is 2. The molecule has 0 radical (unpaired) electrons. The number of aromatic nitrogens is 2. The van der Waals surface area contributed by atoms with Crippen molar-refractivity contribution < 1.29 is 4.79 Å². The normalized spacial score (nSPS) is 10.6. The molecule has 0 saturated heterocycles. The van der Waals surface area contributed by atoms with Gasteiger partial charge in [-0.1, -0.05) is 30.3 Å². The van der Waals surface area contributed by atoms with Crippen LogP contribution < -0.4 is 5.32 Å². The molecule has 4 aromatic rings. The van der Waals surface area contributed by atoms with E-state index in [9.17, 15) is 4.79 Å². The number of carbonyl (C=O) groups is 1. The van der Waals surface area contributed by atoms with E-state index in [1.54, 1.807) is 11.8 Å². The first-order valence-corrected chi connectivity index (χ1v) is 10.1. The molecule has 0 fully saturated rings. The lowest BCUT2D eigenvalue weighted by Crippen LogP contribution is -2.23. The highest BCUT2D eigenvalue weighted by molar-refractivity contribution is 7.98. The van der Waals surface area contributed by atoms with Crippen molar-refractivity contribution >= 4 is 23.3 Å². The number of hydrogen-bond acceptors (Lipinski definition) is 4. The first-order chi connectivity index (χ1) is 14.2. The van der Waals surface area contributed by atoms with Crippen LogP contribution in [0.2, 0.25) is 0 Å². The third-order valence-corrected chi connectivity index (χ3v) is 5.60. The van der Waals surface area contributed by atoms with Gasteiger partial charge in [0, 0.05) is 23.0 Å². The number of hydrogen-bond donors (Lipinski definition) is 1. The van der Waals surface area contributed by atoms with Gasteiger partial charge in [0.05, 0.1) is 29.4 Å². The summed E-state index contributed by atoms with van der Waals surface area (Å²) in [7, 11) is 0. The molecule has 2 aromatic heterocycles. The second-order valence-electron chi connectivity index (χ2n) is 6.47. The number of pyridine rings is 1. The van der Waals surface area contributed by atoms with Gasteiger partial charge >= 0.3 is 0 Å². The van der Waals surface area contributed by atoms with Gasteiger partial charge in [-0.3, -0.25) is 4.79 Å². The molecule has 0 aliphatic carbocycles. The van der Waals surface area contributed by atoms with Crippen LogP contribution in [0.5, 0.6) is 0 Å². The maximum Gasteiger partial charge on any atom is 0.252 e. The first kappa shape index (κ1) is 18.8. The molecule has 0 spiro atoms. The third-order valence-electron chi connectivity index (χ3n) is 4.45. The van der Waals surface area contributed by atoms with Gasteiger partial charge in [-0.2, -0.15) is 5.26 Å². The van der Waals surface area contributed by atoms with Crippen LogP contribution in [0.1, 0.15) is 27.2 Å². The van der Waals surface area contributed by atoms with Gasteiger partial charge in [-0.15, -0.1) is 11.8 Å². The zero-order chi connectivity index (χ0) is 20.1. The number of amides is 1. The zero-order valence-electron chi connectivity index (χ0n) is 15.6. The van der Waals surface area contributed by atoms with Crippen molar-refractivity contribution in [3.8, 4) is 6.07 Å². The van der Waals surface area contributed by atoms with Crippen LogP contribution in [0.25, 0.3) is 5.65 Å². The Morgan fingerprint density at radius 2 is 1.86 bits per heavy atom. The first-order valence-electron chi connectivity index (χ1n) is 9.14. The maximum atomic E-state index is 12.8. The Labute approximate surface area is 173 Å². The molecule has 4 rings (SSSR count). The number of nitriles is 1. The third kappa shape index (κ3) is 4.48. The second kappa shape index (κ2) is 8.63. The highest BCUT2D eigenvalue weighted by Crippen LogP contribution is 2.26. The van der Waals surface area contributed by atoms with Crippen LogP contribution in [0.4, 0.5) is 0 Å². The lowest BCUT2D eigenvalue weighted by molar-refractivity contribution is 0.0947. The Hall–Kier alpha value is -3.56. The Morgan fingerprint density at radius 3 is 2.66 bits per heavy atom. The van der Waals surface area contributed by atoms with Gasteiger partial charge < -0.3 is 9.72 Å². The van der Waals surface area contributed by atoms with E-state index < -0.39 is 0 Å². The largest absolute Gasteiger partial charge is 0.346 e. The standard InChI is InChI=1S/C23H18N4OS/c24-13-17-8-10-18(11-9-17)16-29-21-6-2-1-5-20(21)23(28)25-14-19-15-27-12-4-3-7-22(27)26-19/h1-12,15H,14,16H2,(H,25,28). The summed E-state index contributed by atoms with van der Waals surface area (Å²) < 4.78 is 1.93. The summed E-state index contributed by atoms with van der Waals surface area (Å²) in [5.41, 5.74) is 4.07. The molecule has 0 aliphatic rings. The average Bonchev–Trinajstić information content (AvgIpc) is 3.19. The molecule has 5 nitrogen and oxygen atoms in total. The Kier molecular flexibility index (Phi) is 5.59. The van der Waals surface area contributed by atoms with E-state index in [0.29, 0.717) is 17.7 Å². The highest BCUT2D eigenvalue weighted by Gasteiger charge is 2.12. The van der Waals surface area contributed by atoms with Gasteiger partial charge in [0.1, 0.15) is 5.65 Å². The van der Waals surface area contributed by atoms with Crippen molar-refractivity contribution in [1.29, 1.82) is 5.26 Å². The van der Waals surface area contributed by atoms with Gasteiger partial charge in [-0.05, 0) is 42.0 Å². The summed E-state index contributed by atoms with van der Waals surface area (Å²) >= 11 is 1.60. The van der Waals surface area contributed by atoms with Gasteiger partial charge in [0.15, 0.2) is 0 Å². The Morgan fingerprint density at radius 1 is 1.07 bits per heavy atom. The van der Waals surface area contributed by atoms with E-state index in [1.807, 2.05) is 83.5 Å². The minimum Gasteiger partial charge on any atom is -0.346 e. The highest BCUT2D eigenvalue weighted by atomic mass is 32.2. The van der Waals surface area contributed by atoms with Crippen molar-refractivity contribution in [2.45, 2.75) is 17.2 Å². The number of carbonyl (C=O) groups excluding carboxylic acids is 1. The van der Waals surface area contributed by atoms with Crippen LogP contribution in [0.3, 0.4) is 0 Å². The van der Waals surface area contributed by atoms with E-state index in [4.69, 9.17) is 5.26 Å². The molecule has 1 N–H and O–H groups in total. The lowest BCUT2D eigenvalue weighted by Gasteiger charge is -2.09. The molecular weight excluding hydrogens is 380 g/mol. The van der Waals surface area contributed by atoms with Crippen LogP contribution >= 0.6 is 11.8 Å². The molecule has 2 aromatic carbocycles. The minimum atomic E-state index is -0.120. The lowest BCUT2D eigenvalue weighted by atomic mass is 10.2. The molecule has 0 atom stereocenters. The van der Waals surface area contributed by atoms with Crippen molar-refractivity contribution in [1.82, 2.24) is 14.7 Å². The molecule has 29 heavy (non-hydrogen) atoms. The number of thioether (sulfide) groups is 1. The van der Waals surface area contributed by atoms with Gasteiger partial charge in [-0.25, -0.2) is 4.98 Å². The van der Waals surface area contributed by atoms with Gasteiger partial charge in [0.2, 0.25) is 0 Å². The molecular formula is C23H18N4OS. The second-order valence-corrected chi connectivity index (χ2v) is 7.49. The smallest absolute Gasteiger partial charge is 0.252 e. The van der Waals surface area contributed by atoms with Crippen LogP contribution in [-0.2, 0) is 12.3 Å². The maximum absolute atomic E-state index is 12.8. The van der Waals surface area contributed by atoms with E-state index in [0.717, 1.165) is 27.6 Å². The molecule has 0 unspecified atom stereocenters. The summed E-state index contributed by atoms with van der Waals surface area (Å²) in [6.45, 7) is 0.370. The minimum absolute atomic E-state index is 0.120. The number of imidazole rings is 1. The Balaban J connectivity index is 1.42. The van der Waals surface area contributed by atoms with E-state index in [1.165, 1.54) is 0 Å². The number of rotatable bonds is 6. The van der Waals surface area contributed by atoms with Crippen molar-refractivity contribution in [2.75, 3.05) is 0 Å².